The van der Waals surface area contributed by atoms with E-state index in [4.69, 9.17) is 9.47 Å². The summed E-state index contributed by atoms with van der Waals surface area (Å²) in [5, 5.41) is 0. The summed E-state index contributed by atoms with van der Waals surface area (Å²) < 4.78 is 10.7. The molecule has 1 atom stereocenters. The molecule has 2 aromatic rings. The van der Waals surface area contributed by atoms with E-state index in [9.17, 15) is 4.79 Å². The maximum Gasteiger partial charge on any atom is 0.303 e. The third-order valence-electron chi connectivity index (χ3n) is 3.61. The SMILES string of the molecule is COc1ccc([C@@H](OC(C)=O)c2ccc(C(C)C)cc2)cc1. The van der Waals surface area contributed by atoms with Crippen molar-refractivity contribution in [3.8, 4) is 5.75 Å². The van der Waals surface area contributed by atoms with Crippen molar-refractivity contribution in [3.63, 3.8) is 0 Å². The Labute approximate surface area is 131 Å². The van der Waals surface area contributed by atoms with Gasteiger partial charge in [-0.05, 0) is 34.7 Å². The fourth-order valence-corrected chi connectivity index (χ4v) is 2.33. The van der Waals surface area contributed by atoms with Crippen LogP contribution in [0.15, 0.2) is 48.5 Å². The Balaban J connectivity index is 2.33. The van der Waals surface area contributed by atoms with Crippen molar-refractivity contribution in [2.45, 2.75) is 32.8 Å². The van der Waals surface area contributed by atoms with Crippen LogP contribution in [0.2, 0.25) is 0 Å². The minimum Gasteiger partial charge on any atom is -0.497 e. The van der Waals surface area contributed by atoms with E-state index >= 15 is 0 Å². The van der Waals surface area contributed by atoms with Crippen LogP contribution in [-0.4, -0.2) is 13.1 Å². The van der Waals surface area contributed by atoms with E-state index < -0.39 is 6.10 Å². The summed E-state index contributed by atoms with van der Waals surface area (Å²) in [5.41, 5.74) is 3.15. The molecule has 0 N–H and O–H groups in total. The monoisotopic (exact) mass is 298 g/mol. The second-order valence-corrected chi connectivity index (χ2v) is 5.58. The number of hydrogen-bond donors (Lipinski definition) is 0. The molecule has 0 aliphatic carbocycles. The molecule has 116 valence electrons. The van der Waals surface area contributed by atoms with Gasteiger partial charge in [-0.2, -0.15) is 0 Å². The van der Waals surface area contributed by atoms with Crippen molar-refractivity contribution in [2.24, 2.45) is 0 Å². The maximum atomic E-state index is 11.5. The van der Waals surface area contributed by atoms with Gasteiger partial charge < -0.3 is 9.47 Å². The molecule has 0 spiro atoms. The van der Waals surface area contributed by atoms with E-state index in [0.717, 1.165) is 16.9 Å². The van der Waals surface area contributed by atoms with Gasteiger partial charge in [0, 0.05) is 6.92 Å². The van der Waals surface area contributed by atoms with Gasteiger partial charge in [0.2, 0.25) is 0 Å². The molecule has 0 fully saturated rings. The summed E-state index contributed by atoms with van der Waals surface area (Å²) in [6, 6.07) is 15.8. The van der Waals surface area contributed by atoms with E-state index in [-0.39, 0.29) is 5.97 Å². The molecule has 0 amide bonds. The van der Waals surface area contributed by atoms with Gasteiger partial charge in [0.05, 0.1) is 7.11 Å². The van der Waals surface area contributed by atoms with Gasteiger partial charge in [0.25, 0.3) is 0 Å². The van der Waals surface area contributed by atoms with Gasteiger partial charge >= 0.3 is 5.97 Å². The van der Waals surface area contributed by atoms with Gasteiger partial charge in [-0.15, -0.1) is 0 Å². The molecule has 0 unspecified atom stereocenters. The molecule has 0 saturated heterocycles. The first kappa shape index (κ1) is 16.1. The minimum atomic E-state index is -0.399. The third kappa shape index (κ3) is 3.88. The molecule has 0 saturated carbocycles. The van der Waals surface area contributed by atoms with E-state index in [1.165, 1.54) is 12.5 Å². The molecule has 0 heterocycles. The second kappa shape index (κ2) is 7.12. The van der Waals surface area contributed by atoms with Gasteiger partial charge in [-0.1, -0.05) is 50.2 Å². The lowest BCUT2D eigenvalue weighted by Crippen LogP contribution is -2.10. The van der Waals surface area contributed by atoms with Crippen LogP contribution in [0.25, 0.3) is 0 Å². The summed E-state index contributed by atoms with van der Waals surface area (Å²) in [7, 11) is 1.63. The lowest BCUT2D eigenvalue weighted by molar-refractivity contribution is -0.144. The molecule has 3 nitrogen and oxygen atoms in total. The number of benzene rings is 2. The van der Waals surface area contributed by atoms with Crippen molar-refractivity contribution in [1.82, 2.24) is 0 Å². The summed E-state index contributed by atoms with van der Waals surface area (Å²) in [6.45, 7) is 5.74. The molecule has 2 rings (SSSR count). The second-order valence-electron chi connectivity index (χ2n) is 5.58. The molecule has 0 aromatic heterocycles. The van der Waals surface area contributed by atoms with Crippen LogP contribution >= 0.6 is 0 Å². The predicted molar refractivity (Wildman–Crippen MR) is 87.1 cm³/mol. The predicted octanol–water partition coefficient (Wildman–Crippen LogP) is 4.47. The zero-order chi connectivity index (χ0) is 16.1. The van der Waals surface area contributed by atoms with Gasteiger partial charge in [0.1, 0.15) is 5.75 Å². The van der Waals surface area contributed by atoms with Crippen LogP contribution in [0, 0.1) is 0 Å². The normalized spacial score (nSPS) is 12.0. The molecule has 0 bridgehead atoms. The van der Waals surface area contributed by atoms with Crippen LogP contribution in [0.4, 0.5) is 0 Å². The summed E-state index contributed by atoms with van der Waals surface area (Å²) in [5.74, 6) is 0.955. The number of esters is 1. The first-order valence-electron chi connectivity index (χ1n) is 7.42. The van der Waals surface area contributed by atoms with Crippen molar-refractivity contribution < 1.29 is 14.3 Å². The molecular weight excluding hydrogens is 276 g/mol. The van der Waals surface area contributed by atoms with Gasteiger partial charge in [0.15, 0.2) is 6.10 Å². The molecule has 3 heteroatoms. The quantitative estimate of drug-likeness (QED) is 0.764. The number of carbonyl (C=O) groups is 1. The smallest absolute Gasteiger partial charge is 0.303 e. The molecule has 0 radical (unpaired) electrons. The largest absolute Gasteiger partial charge is 0.497 e. The lowest BCUT2D eigenvalue weighted by atomic mass is 9.97. The molecule has 22 heavy (non-hydrogen) atoms. The average Bonchev–Trinajstić information content (AvgIpc) is 2.53. The Bertz CT molecular complexity index is 612. The number of ether oxygens (including phenoxy) is 2. The summed E-state index contributed by atoms with van der Waals surface area (Å²) >= 11 is 0. The van der Waals surface area contributed by atoms with Crippen LogP contribution in [0.5, 0.6) is 5.75 Å². The standard InChI is InChI=1S/C19H22O3/c1-13(2)15-5-7-16(8-6-15)19(22-14(3)20)17-9-11-18(21-4)12-10-17/h5-13,19H,1-4H3/t19-/m0/s1. The fraction of sp³-hybridized carbons (Fsp3) is 0.316. The molecule has 2 aromatic carbocycles. The van der Waals surface area contributed by atoms with Crippen molar-refractivity contribution in [3.05, 3.63) is 65.2 Å². The van der Waals surface area contributed by atoms with Crippen molar-refractivity contribution >= 4 is 5.97 Å². The Kier molecular flexibility index (Phi) is 5.21. The van der Waals surface area contributed by atoms with E-state index in [1.807, 2.05) is 36.4 Å². The first-order chi connectivity index (χ1) is 10.5. The van der Waals surface area contributed by atoms with E-state index in [1.54, 1.807) is 7.11 Å². The molecule has 0 aliphatic rings. The zero-order valence-electron chi connectivity index (χ0n) is 13.5. The van der Waals surface area contributed by atoms with Crippen LogP contribution in [-0.2, 0) is 9.53 Å². The van der Waals surface area contributed by atoms with Crippen molar-refractivity contribution in [2.75, 3.05) is 7.11 Å². The average molecular weight is 298 g/mol. The third-order valence-corrected chi connectivity index (χ3v) is 3.61. The maximum absolute atomic E-state index is 11.5. The Hall–Kier alpha value is -2.29. The van der Waals surface area contributed by atoms with E-state index in [2.05, 4.69) is 26.0 Å². The number of hydrogen-bond acceptors (Lipinski definition) is 3. The number of carbonyl (C=O) groups excluding carboxylic acids is 1. The Morgan fingerprint density at radius 2 is 1.32 bits per heavy atom. The summed E-state index contributed by atoms with van der Waals surface area (Å²) in [4.78, 5) is 11.5. The Morgan fingerprint density at radius 3 is 1.73 bits per heavy atom. The highest BCUT2D eigenvalue weighted by Crippen LogP contribution is 2.29. The summed E-state index contributed by atoms with van der Waals surface area (Å²) in [6.07, 6.45) is -0.399. The lowest BCUT2D eigenvalue weighted by Gasteiger charge is -2.19. The Morgan fingerprint density at radius 1 is 0.864 bits per heavy atom. The van der Waals surface area contributed by atoms with Crippen molar-refractivity contribution in [1.29, 1.82) is 0 Å². The number of rotatable bonds is 5. The number of methoxy groups -OCH3 is 1. The van der Waals surface area contributed by atoms with E-state index in [0.29, 0.717) is 5.92 Å². The highest BCUT2D eigenvalue weighted by atomic mass is 16.5. The minimum absolute atomic E-state index is 0.297. The van der Waals surface area contributed by atoms with Gasteiger partial charge in [-0.3, -0.25) is 4.79 Å². The topological polar surface area (TPSA) is 35.5 Å². The first-order valence-corrected chi connectivity index (χ1v) is 7.42. The van der Waals surface area contributed by atoms with Crippen LogP contribution < -0.4 is 4.74 Å². The zero-order valence-corrected chi connectivity index (χ0v) is 13.5. The molecule has 0 aliphatic heterocycles. The molecular formula is C19H22O3. The van der Waals surface area contributed by atoms with Crippen LogP contribution in [0.1, 0.15) is 49.5 Å². The highest BCUT2D eigenvalue weighted by Gasteiger charge is 2.17. The van der Waals surface area contributed by atoms with Crippen LogP contribution in [0.3, 0.4) is 0 Å². The highest BCUT2D eigenvalue weighted by molar-refractivity contribution is 5.67. The van der Waals surface area contributed by atoms with Gasteiger partial charge in [-0.25, -0.2) is 0 Å². The fourth-order valence-electron chi connectivity index (χ4n) is 2.33.